The van der Waals surface area contributed by atoms with Crippen LogP contribution in [0.3, 0.4) is 0 Å². The zero-order valence-electron chi connectivity index (χ0n) is 12.5. The van der Waals surface area contributed by atoms with Gasteiger partial charge in [0.25, 0.3) is 0 Å². The maximum absolute atomic E-state index is 11.4. The van der Waals surface area contributed by atoms with E-state index >= 15 is 0 Å². The summed E-state index contributed by atoms with van der Waals surface area (Å²) in [5.74, 6) is 1.34. The highest BCUT2D eigenvalue weighted by molar-refractivity contribution is 7.88. The molecule has 120 valence electrons. The molecule has 0 amide bonds. The van der Waals surface area contributed by atoms with Crippen molar-refractivity contribution in [1.82, 2.24) is 9.21 Å². The topological polar surface area (TPSA) is 83.2 Å². The summed E-state index contributed by atoms with van der Waals surface area (Å²) < 4.78 is 34.8. The van der Waals surface area contributed by atoms with E-state index in [1.807, 2.05) is 11.0 Å². The molecule has 21 heavy (non-hydrogen) atoms. The Hall–Kier alpha value is -0.930. The van der Waals surface area contributed by atoms with Gasteiger partial charge in [0.2, 0.25) is 10.0 Å². The van der Waals surface area contributed by atoms with Crippen LogP contribution in [0.25, 0.3) is 0 Å². The SMILES string of the molecule is COC1CN(Cc2ccc(CN(C)S(C)(=O)=O)o2)CC1O. The van der Waals surface area contributed by atoms with Gasteiger partial charge in [-0.15, -0.1) is 0 Å². The normalized spacial score (nSPS) is 24.0. The molecule has 0 radical (unpaired) electrons. The summed E-state index contributed by atoms with van der Waals surface area (Å²) in [6.45, 7) is 1.97. The molecule has 2 rings (SSSR count). The van der Waals surface area contributed by atoms with E-state index in [4.69, 9.17) is 9.15 Å². The minimum atomic E-state index is -3.22. The highest BCUT2D eigenvalue weighted by Gasteiger charge is 2.31. The maximum atomic E-state index is 11.4. The summed E-state index contributed by atoms with van der Waals surface area (Å²) in [6, 6.07) is 3.61. The predicted molar refractivity (Wildman–Crippen MR) is 77.1 cm³/mol. The molecule has 1 aliphatic heterocycles. The van der Waals surface area contributed by atoms with Crippen LogP contribution in [0, 0.1) is 0 Å². The lowest BCUT2D eigenvalue weighted by atomic mass is 10.3. The van der Waals surface area contributed by atoms with Gasteiger partial charge in [-0.2, -0.15) is 4.31 Å². The fourth-order valence-corrected chi connectivity index (χ4v) is 2.70. The molecule has 1 N–H and O–H groups in total. The van der Waals surface area contributed by atoms with E-state index in [1.54, 1.807) is 13.2 Å². The van der Waals surface area contributed by atoms with E-state index in [0.717, 1.165) is 12.0 Å². The van der Waals surface area contributed by atoms with E-state index in [9.17, 15) is 13.5 Å². The molecular weight excluding hydrogens is 296 g/mol. The number of aliphatic hydroxyl groups is 1. The molecule has 0 aromatic carbocycles. The van der Waals surface area contributed by atoms with Crippen molar-refractivity contribution in [2.75, 3.05) is 33.5 Å². The van der Waals surface area contributed by atoms with Gasteiger partial charge in [-0.1, -0.05) is 0 Å². The molecular formula is C13H22N2O5S. The van der Waals surface area contributed by atoms with Crippen molar-refractivity contribution >= 4 is 10.0 Å². The summed E-state index contributed by atoms with van der Waals surface area (Å²) >= 11 is 0. The first-order chi connectivity index (χ1) is 9.79. The van der Waals surface area contributed by atoms with E-state index in [0.29, 0.717) is 25.4 Å². The Morgan fingerprint density at radius 2 is 2.10 bits per heavy atom. The molecule has 1 fully saturated rings. The molecule has 1 aromatic rings. The number of sulfonamides is 1. The molecule has 0 spiro atoms. The van der Waals surface area contributed by atoms with Crippen LogP contribution in [0.5, 0.6) is 0 Å². The quantitative estimate of drug-likeness (QED) is 0.786. The minimum absolute atomic E-state index is 0.171. The van der Waals surface area contributed by atoms with E-state index < -0.39 is 16.1 Å². The van der Waals surface area contributed by atoms with Crippen LogP contribution in [0.1, 0.15) is 11.5 Å². The molecule has 0 aliphatic carbocycles. The third-order valence-electron chi connectivity index (χ3n) is 3.66. The fourth-order valence-electron chi connectivity index (χ4n) is 2.34. The molecule has 7 nitrogen and oxygen atoms in total. The van der Waals surface area contributed by atoms with Crippen molar-refractivity contribution in [2.45, 2.75) is 25.3 Å². The van der Waals surface area contributed by atoms with Gasteiger partial charge in [-0.25, -0.2) is 8.42 Å². The summed E-state index contributed by atoms with van der Waals surface area (Å²) in [6.07, 6.45) is 0.504. The Morgan fingerprint density at radius 3 is 2.67 bits per heavy atom. The summed E-state index contributed by atoms with van der Waals surface area (Å²) in [7, 11) is -0.121. The Kier molecular flexibility index (Phi) is 5.05. The number of nitrogens with zero attached hydrogens (tertiary/aromatic N) is 2. The number of ether oxygens (including phenoxy) is 1. The predicted octanol–water partition coefficient (Wildman–Crippen LogP) is -0.137. The second-order valence-corrected chi connectivity index (χ2v) is 7.51. The monoisotopic (exact) mass is 318 g/mol. The van der Waals surface area contributed by atoms with Crippen LogP contribution in [0.15, 0.2) is 16.5 Å². The second-order valence-electron chi connectivity index (χ2n) is 5.42. The van der Waals surface area contributed by atoms with Gasteiger partial charge in [0, 0.05) is 27.2 Å². The smallest absolute Gasteiger partial charge is 0.211 e. The minimum Gasteiger partial charge on any atom is -0.463 e. The van der Waals surface area contributed by atoms with Gasteiger partial charge < -0.3 is 14.3 Å². The van der Waals surface area contributed by atoms with E-state index in [2.05, 4.69) is 0 Å². The second kappa shape index (κ2) is 6.45. The first-order valence-electron chi connectivity index (χ1n) is 6.71. The van der Waals surface area contributed by atoms with Crippen molar-refractivity contribution in [3.05, 3.63) is 23.7 Å². The highest BCUT2D eigenvalue weighted by Crippen LogP contribution is 2.18. The van der Waals surface area contributed by atoms with Crippen molar-refractivity contribution < 1.29 is 22.7 Å². The number of β-amino-alcohol motifs (C(OH)–C–C–N with tert-alkyl or cyclic N) is 1. The Balaban J connectivity index is 1.92. The number of aliphatic hydroxyl groups excluding tert-OH is 1. The van der Waals surface area contributed by atoms with Gasteiger partial charge in [0.05, 0.1) is 31.6 Å². The lowest BCUT2D eigenvalue weighted by molar-refractivity contribution is 0.0214. The lowest BCUT2D eigenvalue weighted by Gasteiger charge is -2.13. The number of likely N-dealkylation sites (tertiary alicyclic amines) is 1. The van der Waals surface area contributed by atoms with Gasteiger partial charge in [-0.05, 0) is 12.1 Å². The third-order valence-corrected chi connectivity index (χ3v) is 4.92. The van der Waals surface area contributed by atoms with Crippen LogP contribution < -0.4 is 0 Å². The zero-order valence-corrected chi connectivity index (χ0v) is 13.3. The highest BCUT2D eigenvalue weighted by atomic mass is 32.2. The molecule has 1 aliphatic rings. The molecule has 1 saturated heterocycles. The van der Waals surface area contributed by atoms with Crippen molar-refractivity contribution in [1.29, 1.82) is 0 Å². The van der Waals surface area contributed by atoms with Crippen molar-refractivity contribution in [3.8, 4) is 0 Å². The number of furan rings is 1. The van der Waals surface area contributed by atoms with Crippen LogP contribution in [-0.4, -0.2) is 68.4 Å². The Morgan fingerprint density at radius 1 is 1.43 bits per heavy atom. The first-order valence-corrected chi connectivity index (χ1v) is 8.56. The van der Waals surface area contributed by atoms with Gasteiger partial charge in [-0.3, -0.25) is 4.90 Å². The fraction of sp³-hybridized carbons (Fsp3) is 0.692. The molecule has 0 saturated carbocycles. The van der Waals surface area contributed by atoms with E-state index in [-0.39, 0.29) is 12.6 Å². The molecule has 2 atom stereocenters. The zero-order chi connectivity index (χ0) is 15.6. The third kappa shape index (κ3) is 4.27. The largest absolute Gasteiger partial charge is 0.463 e. The Labute approximate surface area is 125 Å². The van der Waals surface area contributed by atoms with Crippen LogP contribution >= 0.6 is 0 Å². The number of rotatable bonds is 6. The van der Waals surface area contributed by atoms with Crippen LogP contribution in [0.4, 0.5) is 0 Å². The molecule has 2 heterocycles. The molecule has 2 unspecified atom stereocenters. The summed E-state index contributed by atoms with van der Waals surface area (Å²) in [5.41, 5.74) is 0. The van der Waals surface area contributed by atoms with Crippen molar-refractivity contribution in [2.24, 2.45) is 0 Å². The number of hydrogen-bond acceptors (Lipinski definition) is 6. The van der Waals surface area contributed by atoms with Gasteiger partial charge >= 0.3 is 0 Å². The number of hydrogen-bond donors (Lipinski definition) is 1. The lowest BCUT2D eigenvalue weighted by Crippen LogP contribution is -2.25. The number of methoxy groups -OCH3 is 1. The first kappa shape index (κ1) is 16.4. The molecule has 0 bridgehead atoms. The molecule has 8 heteroatoms. The average Bonchev–Trinajstić information content (AvgIpc) is 2.95. The Bertz CT molecular complexity index is 571. The molecule has 1 aromatic heterocycles. The summed E-state index contributed by atoms with van der Waals surface area (Å²) in [5, 5.41) is 9.78. The van der Waals surface area contributed by atoms with Gasteiger partial charge in [0.1, 0.15) is 11.5 Å². The average molecular weight is 318 g/mol. The maximum Gasteiger partial charge on any atom is 0.211 e. The van der Waals surface area contributed by atoms with Crippen molar-refractivity contribution in [3.63, 3.8) is 0 Å². The van der Waals surface area contributed by atoms with Gasteiger partial charge in [0.15, 0.2) is 0 Å². The standard InChI is InChI=1S/C13H22N2O5S/c1-14(21(3,17)18)6-10-4-5-11(20-10)7-15-8-12(16)13(9-15)19-2/h4-5,12-13,16H,6-9H2,1-3H3. The van der Waals surface area contributed by atoms with Crippen LogP contribution in [0.2, 0.25) is 0 Å². The van der Waals surface area contributed by atoms with E-state index in [1.165, 1.54) is 11.4 Å². The van der Waals surface area contributed by atoms with Crippen LogP contribution in [-0.2, 0) is 27.8 Å². The summed E-state index contributed by atoms with van der Waals surface area (Å²) in [4.78, 5) is 2.04.